The van der Waals surface area contributed by atoms with Crippen LogP contribution < -0.4 is 11.1 Å². The van der Waals surface area contributed by atoms with Crippen molar-refractivity contribution in [2.75, 3.05) is 12.0 Å². The SMILES string of the molecule is C/C(=C/[C@@H](CF)c1cc(NC(=O)c2ncc(C#N)cc2C)ccc1F)OC(=N)N. The Morgan fingerprint density at radius 3 is 2.79 bits per heavy atom. The number of nitrogens with zero attached hydrogens (tertiary/aromatic N) is 2. The normalized spacial score (nSPS) is 12.0. The zero-order valence-electron chi connectivity index (χ0n) is 15.8. The number of amides is 1. The number of nitriles is 1. The quantitative estimate of drug-likeness (QED) is 0.389. The van der Waals surface area contributed by atoms with E-state index in [9.17, 15) is 13.6 Å². The Morgan fingerprint density at radius 2 is 2.21 bits per heavy atom. The van der Waals surface area contributed by atoms with Crippen molar-refractivity contribution >= 4 is 17.6 Å². The third kappa shape index (κ3) is 5.59. The molecule has 1 atom stereocenters. The summed E-state index contributed by atoms with van der Waals surface area (Å²) in [4.78, 5) is 16.5. The fourth-order valence-corrected chi connectivity index (χ4v) is 2.68. The molecular weight excluding hydrogens is 380 g/mol. The number of aryl methyl sites for hydroxylation is 1. The number of ether oxygens (including phenoxy) is 1. The number of carbonyl (C=O) groups is 1. The second-order valence-corrected chi connectivity index (χ2v) is 6.20. The van der Waals surface area contributed by atoms with Crippen molar-refractivity contribution in [3.8, 4) is 6.07 Å². The summed E-state index contributed by atoms with van der Waals surface area (Å²) in [7, 11) is 0. The molecule has 4 N–H and O–H groups in total. The van der Waals surface area contributed by atoms with E-state index in [4.69, 9.17) is 21.1 Å². The standard InChI is InChI=1S/C20H19F2N5O2/c1-11-5-13(9-23)10-26-18(11)19(28)27-15-3-4-17(22)16(7-15)14(8-21)6-12(2)29-20(24)25/h3-7,10,14H,8H2,1-2H3,(H3,24,25)(H,27,28)/b12-6-/t14-/m0/s1. The van der Waals surface area contributed by atoms with Crippen LogP contribution in [-0.2, 0) is 4.74 Å². The van der Waals surface area contributed by atoms with Crippen LogP contribution in [0.2, 0.25) is 0 Å². The summed E-state index contributed by atoms with van der Waals surface area (Å²) >= 11 is 0. The van der Waals surface area contributed by atoms with Gasteiger partial charge in [0, 0.05) is 17.8 Å². The van der Waals surface area contributed by atoms with Gasteiger partial charge in [-0.05, 0) is 55.3 Å². The van der Waals surface area contributed by atoms with Crippen molar-refractivity contribution in [1.29, 1.82) is 10.7 Å². The molecule has 0 saturated heterocycles. The zero-order valence-corrected chi connectivity index (χ0v) is 15.8. The summed E-state index contributed by atoms with van der Waals surface area (Å²) in [6, 6.07) is 6.66. The number of aromatic nitrogens is 1. The van der Waals surface area contributed by atoms with Crippen LogP contribution in [0.15, 0.2) is 42.3 Å². The van der Waals surface area contributed by atoms with E-state index in [2.05, 4.69) is 10.3 Å². The highest BCUT2D eigenvalue weighted by molar-refractivity contribution is 6.03. The average Bonchev–Trinajstić information content (AvgIpc) is 2.66. The van der Waals surface area contributed by atoms with Gasteiger partial charge in [-0.3, -0.25) is 14.6 Å². The fraction of sp³-hybridized carbons (Fsp3) is 0.200. The van der Waals surface area contributed by atoms with Gasteiger partial charge in [-0.1, -0.05) is 0 Å². The molecule has 0 aliphatic carbocycles. The largest absolute Gasteiger partial charge is 0.432 e. The van der Waals surface area contributed by atoms with Crippen LogP contribution in [0.5, 0.6) is 0 Å². The first-order valence-corrected chi connectivity index (χ1v) is 8.49. The molecule has 0 aliphatic rings. The van der Waals surface area contributed by atoms with Crippen LogP contribution in [0.25, 0.3) is 0 Å². The number of hydrogen-bond donors (Lipinski definition) is 3. The molecule has 0 unspecified atom stereocenters. The highest BCUT2D eigenvalue weighted by Crippen LogP contribution is 2.26. The Morgan fingerprint density at radius 1 is 1.48 bits per heavy atom. The fourth-order valence-electron chi connectivity index (χ4n) is 2.68. The minimum absolute atomic E-state index is 0.00121. The number of allylic oxidation sites excluding steroid dienone is 2. The van der Waals surface area contributed by atoms with Gasteiger partial charge in [-0.2, -0.15) is 5.26 Å². The molecule has 0 radical (unpaired) electrons. The average molecular weight is 399 g/mol. The van der Waals surface area contributed by atoms with Crippen molar-refractivity contribution in [1.82, 2.24) is 4.98 Å². The number of pyridine rings is 1. The van der Waals surface area contributed by atoms with Crippen molar-refractivity contribution in [2.45, 2.75) is 19.8 Å². The smallest absolute Gasteiger partial charge is 0.284 e. The lowest BCUT2D eigenvalue weighted by Gasteiger charge is -2.14. The van der Waals surface area contributed by atoms with E-state index in [0.29, 0.717) is 11.1 Å². The van der Waals surface area contributed by atoms with Gasteiger partial charge in [0.25, 0.3) is 11.9 Å². The molecule has 0 saturated carbocycles. The first-order chi connectivity index (χ1) is 13.7. The van der Waals surface area contributed by atoms with Crippen LogP contribution >= 0.6 is 0 Å². The van der Waals surface area contributed by atoms with Gasteiger partial charge in [0.15, 0.2) is 0 Å². The van der Waals surface area contributed by atoms with Gasteiger partial charge < -0.3 is 15.8 Å². The molecule has 0 bridgehead atoms. The molecule has 2 aromatic rings. The number of nitrogens with two attached hydrogens (primary N) is 1. The van der Waals surface area contributed by atoms with Crippen LogP contribution in [0, 0.1) is 29.5 Å². The molecular formula is C20H19F2N5O2. The number of hydrogen-bond acceptors (Lipinski definition) is 5. The maximum atomic E-state index is 14.3. The summed E-state index contributed by atoms with van der Waals surface area (Å²) in [5, 5.41) is 18.6. The van der Waals surface area contributed by atoms with Gasteiger partial charge >= 0.3 is 0 Å². The second-order valence-electron chi connectivity index (χ2n) is 6.20. The van der Waals surface area contributed by atoms with E-state index in [1.807, 2.05) is 6.07 Å². The number of rotatable bonds is 6. The zero-order chi connectivity index (χ0) is 21.6. The topological polar surface area (TPSA) is 125 Å². The summed E-state index contributed by atoms with van der Waals surface area (Å²) in [5.74, 6) is -2.06. The van der Waals surface area contributed by atoms with E-state index in [0.717, 1.165) is 6.07 Å². The Balaban J connectivity index is 2.29. The van der Waals surface area contributed by atoms with Crippen molar-refractivity contribution < 1.29 is 18.3 Å². The summed E-state index contributed by atoms with van der Waals surface area (Å²) in [6.07, 6.45) is 2.58. The number of benzene rings is 1. The highest BCUT2D eigenvalue weighted by Gasteiger charge is 2.17. The van der Waals surface area contributed by atoms with Gasteiger partial charge in [-0.15, -0.1) is 0 Å². The van der Waals surface area contributed by atoms with Crippen molar-refractivity contribution in [3.05, 3.63) is 70.5 Å². The van der Waals surface area contributed by atoms with Gasteiger partial charge in [0.1, 0.15) is 23.3 Å². The lowest BCUT2D eigenvalue weighted by Crippen LogP contribution is -2.16. The number of carbonyl (C=O) groups excluding carboxylic acids is 1. The molecule has 7 nitrogen and oxygen atoms in total. The molecule has 29 heavy (non-hydrogen) atoms. The van der Waals surface area contributed by atoms with Gasteiger partial charge in [-0.25, -0.2) is 9.37 Å². The molecule has 0 fully saturated rings. The highest BCUT2D eigenvalue weighted by atomic mass is 19.1. The number of amidine groups is 1. The van der Waals surface area contributed by atoms with Crippen LogP contribution in [-0.4, -0.2) is 23.6 Å². The maximum absolute atomic E-state index is 14.3. The Bertz CT molecular complexity index is 1010. The second kappa shape index (κ2) is 9.41. The van der Waals surface area contributed by atoms with E-state index in [-0.39, 0.29) is 22.7 Å². The first kappa shape index (κ1) is 21.5. The van der Waals surface area contributed by atoms with Crippen molar-refractivity contribution in [2.24, 2.45) is 5.73 Å². The molecule has 1 aromatic carbocycles. The molecule has 2 rings (SSSR count). The van der Waals surface area contributed by atoms with Gasteiger partial charge in [0.2, 0.25) is 0 Å². The van der Waals surface area contributed by atoms with Gasteiger partial charge in [0.05, 0.1) is 12.2 Å². The summed E-state index contributed by atoms with van der Waals surface area (Å²) in [5.41, 5.74) is 6.31. The number of halogens is 2. The van der Waals surface area contributed by atoms with E-state index >= 15 is 0 Å². The number of nitrogens with one attached hydrogen (secondary N) is 2. The lowest BCUT2D eigenvalue weighted by molar-refractivity contribution is 0.102. The van der Waals surface area contributed by atoms with Crippen molar-refractivity contribution in [3.63, 3.8) is 0 Å². The lowest BCUT2D eigenvalue weighted by atomic mass is 9.98. The van der Waals surface area contributed by atoms with Crippen LogP contribution in [0.1, 0.15) is 40.0 Å². The summed E-state index contributed by atoms with van der Waals surface area (Å²) in [6.45, 7) is 2.18. The maximum Gasteiger partial charge on any atom is 0.284 e. The van der Waals surface area contributed by atoms with Crippen LogP contribution in [0.3, 0.4) is 0 Å². The molecule has 0 spiro atoms. The molecule has 1 amide bonds. The minimum atomic E-state index is -0.999. The molecule has 150 valence electrons. The van der Waals surface area contributed by atoms with E-state index < -0.39 is 30.3 Å². The van der Waals surface area contributed by atoms with E-state index in [1.165, 1.54) is 37.4 Å². The third-order valence-corrected chi connectivity index (χ3v) is 3.95. The molecule has 1 aromatic heterocycles. The number of alkyl halides is 1. The Hall–Kier alpha value is -3.80. The number of anilines is 1. The Kier molecular flexibility index (Phi) is 6.98. The third-order valence-electron chi connectivity index (χ3n) is 3.95. The van der Waals surface area contributed by atoms with E-state index in [1.54, 1.807) is 6.92 Å². The minimum Gasteiger partial charge on any atom is -0.432 e. The molecule has 9 heteroatoms. The predicted octanol–water partition coefficient (Wildman–Crippen LogP) is 3.52. The predicted molar refractivity (Wildman–Crippen MR) is 104 cm³/mol. The molecule has 1 heterocycles. The Labute approximate surface area is 166 Å². The first-order valence-electron chi connectivity index (χ1n) is 8.49. The summed E-state index contributed by atoms with van der Waals surface area (Å²) < 4.78 is 32.7. The molecule has 0 aliphatic heterocycles. The van der Waals surface area contributed by atoms with Crippen LogP contribution in [0.4, 0.5) is 14.5 Å². The monoisotopic (exact) mass is 399 g/mol.